The van der Waals surface area contributed by atoms with Gasteiger partial charge in [-0.3, -0.25) is 4.98 Å². The van der Waals surface area contributed by atoms with E-state index in [4.69, 9.17) is 0 Å². The third-order valence-electron chi connectivity index (χ3n) is 4.42. The van der Waals surface area contributed by atoms with Gasteiger partial charge in [-0.15, -0.1) is 0 Å². The number of rotatable bonds is 5. The van der Waals surface area contributed by atoms with Crippen molar-refractivity contribution < 1.29 is 0 Å². The number of pyridine rings is 1. The van der Waals surface area contributed by atoms with Gasteiger partial charge < -0.3 is 10.2 Å². The molecule has 1 aliphatic rings. The molecule has 0 radical (unpaired) electrons. The maximum Gasteiger partial charge on any atom is 0.0442 e. The second-order valence-corrected chi connectivity index (χ2v) is 6.72. The predicted octanol–water partition coefficient (Wildman–Crippen LogP) is 3.31. The zero-order valence-electron chi connectivity index (χ0n) is 13.4. The van der Waals surface area contributed by atoms with Crippen molar-refractivity contribution in [3.8, 4) is 0 Å². The number of hydrogen-bond donors (Lipinski definition) is 1. The van der Waals surface area contributed by atoms with Gasteiger partial charge in [0.25, 0.3) is 0 Å². The fourth-order valence-electron chi connectivity index (χ4n) is 2.84. The van der Waals surface area contributed by atoms with Gasteiger partial charge in [0, 0.05) is 43.3 Å². The van der Waals surface area contributed by atoms with Crippen LogP contribution in [0.25, 0.3) is 0 Å². The fourth-order valence-corrected chi connectivity index (χ4v) is 2.84. The number of nitrogens with one attached hydrogen (secondary N) is 1. The van der Waals surface area contributed by atoms with Crippen LogP contribution < -0.4 is 10.2 Å². The van der Waals surface area contributed by atoms with Crippen molar-refractivity contribution in [2.24, 2.45) is 17.8 Å². The second-order valence-electron chi connectivity index (χ2n) is 6.72. The first kappa shape index (κ1) is 15.3. The molecule has 0 aliphatic carbocycles. The van der Waals surface area contributed by atoms with E-state index in [1.807, 2.05) is 12.4 Å². The molecule has 2 atom stereocenters. The van der Waals surface area contributed by atoms with Crippen LogP contribution in [0.2, 0.25) is 0 Å². The lowest BCUT2D eigenvalue weighted by atomic mass is 9.88. The Morgan fingerprint density at radius 2 is 2.15 bits per heavy atom. The first-order valence-corrected chi connectivity index (χ1v) is 7.96. The van der Waals surface area contributed by atoms with Crippen LogP contribution in [-0.4, -0.2) is 24.6 Å². The molecular weight excluding hydrogens is 246 g/mol. The van der Waals surface area contributed by atoms with Crippen molar-refractivity contribution >= 4 is 5.69 Å². The van der Waals surface area contributed by atoms with E-state index >= 15 is 0 Å². The van der Waals surface area contributed by atoms with E-state index in [9.17, 15) is 0 Å². The van der Waals surface area contributed by atoms with Gasteiger partial charge in [-0.1, -0.05) is 27.7 Å². The van der Waals surface area contributed by atoms with E-state index in [1.54, 1.807) is 0 Å². The highest BCUT2D eigenvalue weighted by molar-refractivity contribution is 5.52. The molecule has 1 aromatic heterocycles. The monoisotopic (exact) mass is 275 g/mol. The van der Waals surface area contributed by atoms with Crippen LogP contribution in [-0.2, 0) is 6.54 Å². The Kier molecular flexibility index (Phi) is 5.41. The molecule has 1 aliphatic heterocycles. The molecular formula is C17H29N3. The number of hydrogen-bond acceptors (Lipinski definition) is 3. The van der Waals surface area contributed by atoms with E-state index in [0.29, 0.717) is 5.92 Å². The smallest absolute Gasteiger partial charge is 0.0442 e. The molecule has 3 nitrogen and oxygen atoms in total. The fraction of sp³-hybridized carbons (Fsp3) is 0.706. The molecule has 3 heteroatoms. The minimum absolute atomic E-state index is 0.686. The highest BCUT2D eigenvalue weighted by Crippen LogP contribution is 2.28. The highest BCUT2D eigenvalue weighted by atomic mass is 15.1. The molecule has 1 fully saturated rings. The molecule has 0 saturated carbocycles. The summed E-state index contributed by atoms with van der Waals surface area (Å²) in [4.78, 5) is 6.85. The van der Waals surface area contributed by atoms with Crippen molar-refractivity contribution in [2.45, 2.75) is 40.7 Å². The Balaban J connectivity index is 2.03. The average Bonchev–Trinajstić information content (AvgIpc) is 2.42. The van der Waals surface area contributed by atoms with E-state index in [-0.39, 0.29) is 0 Å². The van der Waals surface area contributed by atoms with Crippen molar-refractivity contribution in [1.29, 1.82) is 0 Å². The van der Waals surface area contributed by atoms with Gasteiger partial charge in [0.2, 0.25) is 0 Å². The van der Waals surface area contributed by atoms with Gasteiger partial charge >= 0.3 is 0 Å². The first-order valence-electron chi connectivity index (χ1n) is 7.96. The topological polar surface area (TPSA) is 28.2 Å². The molecule has 112 valence electrons. The normalized spacial score (nSPS) is 23.4. The van der Waals surface area contributed by atoms with E-state index in [2.05, 4.69) is 49.0 Å². The van der Waals surface area contributed by atoms with Gasteiger partial charge in [-0.25, -0.2) is 0 Å². The summed E-state index contributed by atoms with van der Waals surface area (Å²) >= 11 is 0. The molecule has 20 heavy (non-hydrogen) atoms. The molecule has 2 heterocycles. The first-order chi connectivity index (χ1) is 9.58. The number of aromatic nitrogens is 1. The van der Waals surface area contributed by atoms with Gasteiger partial charge in [-0.05, 0) is 36.8 Å². The molecule has 2 unspecified atom stereocenters. The Labute approximate surface area is 123 Å². The van der Waals surface area contributed by atoms with Crippen molar-refractivity contribution in [3.05, 3.63) is 24.0 Å². The lowest BCUT2D eigenvalue weighted by Gasteiger charge is -2.37. The molecule has 1 N–H and O–H groups in total. The summed E-state index contributed by atoms with van der Waals surface area (Å²) < 4.78 is 0. The van der Waals surface area contributed by atoms with Crippen LogP contribution in [0.3, 0.4) is 0 Å². The van der Waals surface area contributed by atoms with Crippen LogP contribution in [0.4, 0.5) is 5.69 Å². The maximum atomic E-state index is 4.31. The average molecular weight is 275 g/mol. The lowest BCUT2D eigenvalue weighted by molar-refractivity contribution is 0.323. The molecule has 1 aromatic rings. The van der Waals surface area contributed by atoms with Crippen LogP contribution in [0, 0.1) is 17.8 Å². The van der Waals surface area contributed by atoms with Gasteiger partial charge in [0.15, 0.2) is 0 Å². The van der Waals surface area contributed by atoms with Gasteiger partial charge in [0.1, 0.15) is 0 Å². The van der Waals surface area contributed by atoms with Crippen molar-refractivity contribution in [3.63, 3.8) is 0 Å². The Morgan fingerprint density at radius 1 is 1.35 bits per heavy atom. The number of nitrogens with zero attached hydrogens (tertiary/aromatic N) is 2. The summed E-state index contributed by atoms with van der Waals surface area (Å²) in [5, 5.41) is 3.53. The Hall–Kier alpha value is -1.09. The van der Waals surface area contributed by atoms with Gasteiger partial charge in [0.05, 0.1) is 0 Å². The third-order valence-corrected chi connectivity index (χ3v) is 4.42. The second kappa shape index (κ2) is 7.07. The molecule has 0 spiro atoms. The Morgan fingerprint density at radius 3 is 2.85 bits per heavy atom. The SMILES string of the molecule is CC(C)CNCc1cnccc1N1CCC(C)C(C)C1. The quantitative estimate of drug-likeness (QED) is 0.893. The van der Waals surface area contributed by atoms with Crippen molar-refractivity contribution in [2.75, 3.05) is 24.5 Å². The van der Waals surface area contributed by atoms with Crippen LogP contribution in [0.15, 0.2) is 18.5 Å². The van der Waals surface area contributed by atoms with E-state index in [0.717, 1.165) is 24.9 Å². The minimum atomic E-state index is 0.686. The lowest BCUT2D eigenvalue weighted by Crippen LogP contribution is -2.39. The predicted molar refractivity (Wildman–Crippen MR) is 85.9 cm³/mol. The molecule has 0 amide bonds. The summed E-state index contributed by atoms with van der Waals surface area (Å²) in [7, 11) is 0. The van der Waals surface area contributed by atoms with Gasteiger partial charge in [-0.2, -0.15) is 0 Å². The van der Waals surface area contributed by atoms with Crippen LogP contribution >= 0.6 is 0 Å². The van der Waals surface area contributed by atoms with Crippen LogP contribution in [0.5, 0.6) is 0 Å². The summed E-state index contributed by atoms with van der Waals surface area (Å²) in [6, 6.07) is 2.18. The van der Waals surface area contributed by atoms with E-state index in [1.165, 1.54) is 30.8 Å². The number of anilines is 1. The maximum absolute atomic E-state index is 4.31. The molecule has 2 rings (SSSR count). The molecule has 0 aromatic carbocycles. The Bertz CT molecular complexity index is 416. The van der Waals surface area contributed by atoms with Crippen molar-refractivity contribution in [1.82, 2.24) is 10.3 Å². The highest BCUT2D eigenvalue weighted by Gasteiger charge is 2.23. The minimum Gasteiger partial charge on any atom is -0.371 e. The summed E-state index contributed by atoms with van der Waals surface area (Å²) in [6.45, 7) is 13.5. The largest absolute Gasteiger partial charge is 0.371 e. The zero-order valence-corrected chi connectivity index (χ0v) is 13.4. The van der Waals surface area contributed by atoms with Crippen LogP contribution in [0.1, 0.15) is 39.7 Å². The van der Waals surface area contributed by atoms with E-state index < -0.39 is 0 Å². The summed E-state index contributed by atoms with van der Waals surface area (Å²) in [5.41, 5.74) is 2.70. The third kappa shape index (κ3) is 3.95. The molecule has 1 saturated heterocycles. The summed E-state index contributed by atoms with van der Waals surface area (Å²) in [6.07, 6.45) is 5.23. The zero-order chi connectivity index (χ0) is 14.5. The standard InChI is InChI=1S/C17H29N3/c1-13(2)9-19-11-16-10-18-7-5-17(16)20-8-6-14(3)15(4)12-20/h5,7,10,13-15,19H,6,8-9,11-12H2,1-4H3. The molecule has 0 bridgehead atoms. The number of piperidine rings is 1. The summed E-state index contributed by atoms with van der Waals surface area (Å²) in [5.74, 6) is 2.30.